The van der Waals surface area contributed by atoms with Crippen LogP contribution in [0.15, 0.2) is 36.4 Å². The number of hydrogen-bond acceptors (Lipinski definition) is 4. The molecule has 18 heavy (non-hydrogen) atoms. The molecule has 0 saturated heterocycles. The molecule has 0 aromatic heterocycles. The van der Waals surface area contributed by atoms with Crippen molar-refractivity contribution >= 4 is 17.7 Å². The molecule has 0 spiro atoms. The second-order valence-electron chi connectivity index (χ2n) is 3.73. The van der Waals surface area contributed by atoms with E-state index >= 15 is 0 Å². The van der Waals surface area contributed by atoms with Gasteiger partial charge in [0.2, 0.25) is 0 Å². The number of methoxy groups -OCH3 is 1. The van der Waals surface area contributed by atoms with Crippen LogP contribution in [0.5, 0.6) is 0 Å². The average Bonchev–Trinajstić information content (AvgIpc) is 2.36. The molecule has 0 heterocycles. The highest BCUT2D eigenvalue weighted by molar-refractivity contribution is 5.91. The fraction of sp³-hybridized carbons (Fsp3) is 0.231. The lowest BCUT2D eigenvalue weighted by Crippen LogP contribution is -2.14. The molecule has 0 atom stereocenters. The number of nitrogens with one attached hydrogen (secondary N) is 1. The summed E-state index contributed by atoms with van der Waals surface area (Å²) in [5, 5.41) is 2.53. The van der Waals surface area contributed by atoms with Gasteiger partial charge in [0.25, 0.3) is 0 Å². The monoisotopic (exact) mass is 249 g/mol. The van der Waals surface area contributed by atoms with Gasteiger partial charge in [-0.15, -0.1) is 0 Å². The first-order chi connectivity index (χ1) is 8.52. The van der Waals surface area contributed by atoms with Crippen LogP contribution >= 0.6 is 0 Å². The Morgan fingerprint density at radius 3 is 2.39 bits per heavy atom. The minimum absolute atomic E-state index is 0.173. The van der Waals surface area contributed by atoms with Crippen LogP contribution in [0.1, 0.15) is 17.3 Å². The van der Waals surface area contributed by atoms with Crippen LogP contribution in [0.3, 0.4) is 0 Å². The van der Waals surface area contributed by atoms with Crippen molar-refractivity contribution in [3.63, 3.8) is 0 Å². The van der Waals surface area contributed by atoms with Crippen molar-refractivity contribution < 1.29 is 19.1 Å². The predicted molar refractivity (Wildman–Crippen MR) is 67.6 cm³/mol. The maximum atomic E-state index is 11.3. The third-order valence-corrected chi connectivity index (χ3v) is 2.00. The van der Waals surface area contributed by atoms with Gasteiger partial charge in [-0.05, 0) is 36.8 Å². The molecule has 0 bridgehead atoms. The van der Waals surface area contributed by atoms with E-state index in [1.807, 2.05) is 0 Å². The lowest BCUT2D eigenvalue weighted by atomic mass is 10.2. The molecule has 0 unspecified atom stereocenters. The minimum Gasteiger partial charge on any atom is -0.465 e. The smallest absolute Gasteiger partial charge is 0.411 e. The Morgan fingerprint density at radius 1 is 1.28 bits per heavy atom. The zero-order valence-corrected chi connectivity index (χ0v) is 10.4. The molecule has 0 aliphatic carbocycles. The number of ether oxygens (including phenoxy) is 2. The lowest BCUT2D eigenvalue weighted by Gasteiger charge is -2.07. The normalized spacial score (nSPS) is 9.44. The van der Waals surface area contributed by atoms with Crippen molar-refractivity contribution in [2.45, 2.75) is 6.92 Å². The fourth-order valence-electron chi connectivity index (χ4n) is 1.15. The Hall–Kier alpha value is -2.30. The Morgan fingerprint density at radius 2 is 1.89 bits per heavy atom. The van der Waals surface area contributed by atoms with Gasteiger partial charge in [0.1, 0.15) is 6.61 Å². The summed E-state index contributed by atoms with van der Waals surface area (Å²) in [6, 6.07) is 6.29. The Kier molecular flexibility index (Phi) is 4.92. The summed E-state index contributed by atoms with van der Waals surface area (Å²) < 4.78 is 9.43. The Bertz CT molecular complexity index is 451. The second-order valence-corrected chi connectivity index (χ2v) is 3.73. The van der Waals surface area contributed by atoms with Gasteiger partial charge in [0, 0.05) is 5.69 Å². The van der Waals surface area contributed by atoms with Crippen molar-refractivity contribution in [1.82, 2.24) is 0 Å². The van der Waals surface area contributed by atoms with E-state index in [1.165, 1.54) is 7.11 Å². The van der Waals surface area contributed by atoms with E-state index in [2.05, 4.69) is 16.6 Å². The van der Waals surface area contributed by atoms with Gasteiger partial charge in [0.15, 0.2) is 0 Å². The number of hydrogen-bond donors (Lipinski definition) is 1. The van der Waals surface area contributed by atoms with Gasteiger partial charge in [-0.25, -0.2) is 9.59 Å². The highest BCUT2D eigenvalue weighted by atomic mass is 16.5. The second kappa shape index (κ2) is 6.44. The van der Waals surface area contributed by atoms with Gasteiger partial charge < -0.3 is 9.47 Å². The molecule has 0 saturated carbocycles. The standard InChI is InChI=1S/C13H15NO4/c1-9(2)8-18-13(16)14-11-6-4-10(5-7-11)12(15)17-3/h4-7H,1,8H2,2-3H3,(H,14,16). The predicted octanol–water partition coefficient (Wildman–Crippen LogP) is 2.60. The van der Waals surface area contributed by atoms with Crippen LogP contribution in [0.4, 0.5) is 10.5 Å². The summed E-state index contributed by atoms with van der Waals surface area (Å²) in [5.74, 6) is -0.425. The SMILES string of the molecule is C=C(C)COC(=O)Nc1ccc(C(=O)OC)cc1. The van der Waals surface area contributed by atoms with Crippen LogP contribution in [0, 0.1) is 0 Å². The highest BCUT2D eigenvalue weighted by Gasteiger charge is 2.06. The summed E-state index contributed by atoms with van der Waals surface area (Å²) >= 11 is 0. The maximum Gasteiger partial charge on any atom is 0.411 e. The molecule has 0 aliphatic rings. The van der Waals surface area contributed by atoms with Crippen LogP contribution in [-0.2, 0) is 9.47 Å². The Balaban J connectivity index is 2.55. The topological polar surface area (TPSA) is 64.6 Å². The van der Waals surface area contributed by atoms with Crippen LogP contribution in [-0.4, -0.2) is 25.8 Å². The summed E-state index contributed by atoms with van der Waals surface area (Å²) in [4.78, 5) is 22.5. The summed E-state index contributed by atoms with van der Waals surface area (Å²) in [6.45, 7) is 5.55. The van der Waals surface area contributed by atoms with E-state index in [0.29, 0.717) is 11.3 Å². The molecule has 96 valence electrons. The number of carbonyl (C=O) groups is 2. The first-order valence-electron chi connectivity index (χ1n) is 5.29. The molecule has 0 fully saturated rings. The molecule has 0 aliphatic heterocycles. The van der Waals surface area contributed by atoms with Gasteiger partial charge >= 0.3 is 12.1 Å². The number of rotatable bonds is 4. The van der Waals surface area contributed by atoms with Crippen molar-refractivity contribution in [3.8, 4) is 0 Å². The van der Waals surface area contributed by atoms with Crippen molar-refractivity contribution in [1.29, 1.82) is 0 Å². The quantitative estimate of drug-likeness (QED) is 0.658. The van der Waals surface area contributed by atoms with E-state index in [4.69, 9.17) is 4.74 Å². The lowest BCUT2D eigenvalue weighted by molar-refractivity contribution is 0.0600. The molecule has 5 heteroatoms. The van der Waals surface area contributed by atoms with Gasteiger partial charge in [-0.1, -0.05) is 6.58 Å². The minimum atomic E-state index is -0.566. The van der Waals surface area contributed by atoms with E-state index < -0.39 is 12.1 Å². The number of anilines is 1. The molecular weight excluding hydrogens is 234 g/mol. The molecule has 0 radical (unpaired) electrons. The molecular formula is C13H15NO4. The van der Waals surface area contributed by atoms with E-state index in [-0.39, 0.29) is 6.61 Å². The van der Waals surface area contributed by atoms with Gasteiger partial charge in [-0.2, -0.15) is 0 Å². The molecule has 1 N–H and O–H groups in total. The van der Waals surface area contributed by atoms with Gasteiger partial charge in [0.05, 0.1) is 12.7 Å². The van der Waals surface area contributed by atoms with Crippen LogP contribution in [0.2, 0.25) is 0 Å². The summed E-state index contributed by atoms with van der Waals surface area (Å²) in [6.07, 6.45) is -0.566. The zero-order chi connectivity index (χ0) is 13.5. The largest absolute Gasteiger partial charge is 0.465 e. The third-order valence-electron chi connectivity index (χ3n) is 2.00. The molecule has 1 amide bonds. The average molecular weight is 249 g/mol. The van der Waals surface area contributed by atoms with Gasteiger partial charge in [-0.3, -0.25) is 5.32 Å². The number of benzene rings is 1. The first-order valence-corrected chi connectivity index (χ1v) is 5.29. The van der Waals surface area contributed by atoms with Crippen molar-refractivity contribution in [3.05, 3.63) is 42.0 Å². The molecule has 1 aromatic carbocycles. The number of amides is 1. The summed E-state index contributed by atoms with van der Waals surface area (Å²) in [7, 11) is 1.31. The van der Waals surface area contributed by atoms with Crippen molar-refractivity contribution in [2.75, 3.05) is 19.0 Å². The van der Waals surface area contributed by atoms with E-state index in [0.717, 1.165) is 5.57 Å². The third kappa shape index (κ3) is 4.29. The zero-order valence-electron chi connectivity index (χ0n) is 10.4. The van der Waals surface area contributed by atoms with Crippen LogP contribution in [0.25, 0.3) is 0 Å². The van der Waals surface area contributed by atoms with E-state index in [9.17, 15) is 9.59 Å². The fourth-order valence-corrected chi connectivity index (χ4v) is 1.15. The molecule has 5 nitrogen and oxygen atoms in total. The Labute approximate surface area is 105 Å². The number of esters is 1. The highest BCUT2D eigenvalue weighted by Crippen LogP contribution is 2.10. The van der Waals surface area contributed by atoms with Crippen LogP contribution < -0.4 is 5.32 Å². The molecule has 1 aromatic rings. The molecule has 1 rings (SSSR count). The van der Waals surface area contributed by atoms with Crippen molar-refractivity contribution in [2.24, 2.45) is 0 Å². The summed E-state index contributed by atoms with van der Waals surface area (Å²) in [5.41, 5.74) is 1.71. The first kappa shape index (κ1) is 13.8. The van der Waals surface area contributed by atoms with E-state index in [1.54, 1.807) is 31.2 Å². The maximum absolute atomic E-state index is 11.3. The number of carbonyl (C=O) groups excluding carboxylic acids is 2.